The Hall–Kier alpha value is -2.11. The van der Waals surface area contributed by atoms with E-state index in [0.29, 0.717) is 0 Å². The number of nitrogens with two attached hydrogens (primary N) is 1. The van der Waals surface area contributed by atoms with Crippen LogP contribution < -0.4 is 15.8 Å². The highest BCUT2D eigenvalue weighted by Gasteiger charge is 2.23. The van der Waals surface area contributed by atoms with Gasteiger partial charge in [-0.1, -0.05) is 0 Å². The van der Waals surface area contributed by atoms with Gasteiger partial charge in [-0.25, -0.2) is 13.1 Å². The molecule has 0 aliphatic heterocycles. The lowest BCUT2D eigenvalue weighted by Gasteiger charge is -2.09. The maximum atomic E-state index is 12.1. The van der Waals surface area contributed by atoms with E-state index in [1.165, 1.54) is 18.2 Å². The maximum Gasteiger partial charge on any atom is 0.242 e. The molecule has 0 heterocycles. The summed E-state index contributed by atoms with van der Waals surface area (Å²) in [7, 11) is -3.79. The van der Waals surface area contributed by atoms with Crippen LogP contribution >= 0.6 is 0 Å². The Balaban J connectivity index is 1.94. The number of carbonyl (C=O) groups is 1. The van der Waals surface area contributed by atoms with E-state index < -0.39 is 10.0 Å². The molecule has 0 atom stereocenters. The summed E-state index contributed by atoms with van der Waals surface area (Å²) < 4.78 is 26.5. The fraction of sp³-hybridized carbons (Fsp3) is 0.385. The third-order valence-corrected chi connectivity index (χ3v) is 4.55. The first-order chi connectivity index (χ1) is 9.92. The fourth-order valence-electron chi connectivity index (χ4n) is 1.77. The van der Waals surface area contributed by atoms with Crippen molar-refractivity contribution in [1.29, 1.82) is 5.26 Å². The minimum Gasteiger partial charge on any atom is -0.398 e. The van der Waals surface area contributed by atoms with Crippen molar-refractivity contribution in [3.05, 3.63) is 23.8 Å². The Morgan fingerprint density at radius 2 is 2.14 bits per heavy atom. The molecule has 0 unspecified atom stereocenters. The highest BCUT2D eigenvalue weighted by Crippen LogP contribution is 2.20. The molecule has 1 aromatic rings. The zero-order chi connectivity index (χ0) is 15.5. The van der Waals surface area contributed by atoms with Gasteiger partial charge in [0.2, 0.25) is 15.9 Å². The number of nitriles is 1. The van der Waals surface area contributed by atoms with Crippen molar-refractivity contribution < 1.29 is 13.2 Å². The van der Waals surface area contributed by atoms with Crippen molar-refractivity contribution in [2.75, 3.05) is 12.3 Å². The van der Waals surface area contributed by atoms with E-state index in [2.05, 4.69) is 10.0 Å². The van der Waals surface area contributed by atoms with Gasteiger partial charge in [0.15, 0.2) is 0 Å². The Morgan fingerprint density at radius 1 is 1.43 bits per heavy atom. The van der Waals surface area contributed by atoms with Crippen LogP contribution in [0.15, 0.2) is 23.1 Å². The minimum atomic E-state index is -3.79. The third kappa shape index (κ3) is 4.18. The summed E-state index contributed by atoms with van der Waals surface area (Å²) in [6.45, 7) is 0.000325. The van der Waals surface area contributed by atoms with E-state index in [9.17, 15) is 13.2 Å². The quantitative estimate of drug-likeness (QED) is 0.642. The molecule has 1 aliphatic carbocycles. The molecule has 1 aliphatic rings. The number of hydrogen-bond acceptors (Lipinski definition) is 5. The van der Waals surface area contributed by atoms with Crippen LogP contribution in [0.5, 0.6) is 0 Å². The summed E-state index contributed by atoms with van der Waals surface area (Å²) >= 11 is 0. The van der Waals surface area contributed by atoms with Gasteiger partial charge in [-0.3, -0.25) is 4.79 Å². The molecule has 0 spiro atoms. The zero-order valence-corrected chi connectivity index (χ0v) is 12.1. The molecule has 1 saturated carbocycles. The van der Waals surface area contributed by atoms with E-state index in [1.807, 2.05) is 6.07 Å². The number of rotatable bonds is 6. The normalized spacial score (nSPS) is 14.4. The van der Waals surface area contributed by atoms with Crippen LogP contribution in [-0.4, -0.2) is 26.9 Å². The summed E-state index contributed by atoms with van der Waals surface area (Å²) in [4.78, 5) is 11.4. The van der Waals surface area contributed by atoms with Gasteiger partial charge in [-0.2, -0.15) is 5.26 Å². The predicted molar refractivity (Wildman–Crippen MR) is 76.5 cm³/mol. The highest BCUT2D eigenvalue weighted by atomic mass is 32.2. The van der Waals surface area contributed by atoms with Gasteiger partial charge in [0.1, 0.15) is 4.90 Å². The van der Waals surface area contributed by atoms with Crippen molar-refractivity contribution in [2.45, 2.75) is 30.2 Å². The molecule has 0 radical (unpaired) electrons. The standard InChI is InChI=1S/C13H16N4O3S/c14-8-9-1-4-12(11(15)7-9)21(19,20)16-6-5-13(18)17-10-2-3-10/h1,4,7,10,16H,2-3,5-6,15H2,(H,17,18). The van der Waals surface area contributed by atoms with E-state index in [4.69, 9.17) is 11.0 Å². The molecule has 112 valence electrons. The highest BCUT2D eigenvalue weighted by molar-refractivity contribution is 7.89. The molecular formula is C13H16N4O3S. The van der Waals surface area contributed by atoms with Gasteiger partial charge in [-0.05, 0) is 31.0 Å². The molecule has 21 heavy (non-hydrogen) atoms. The van der Waals surface area contributed by atoms with Crippen molar-refractivity contribution in [2.24, 2.45) is 0 Å². The molecule has 0 saturated heterocycles. The van der Waals surface area contributed by atoms with Crippen LogP contribution in [0.1, 0.15) is 24.8 Å². The maximum absolute atomic E-state index is 12.1. The number of nitrogen functional groups attached to an aromatic ring is 1. The number of sulfonamides is 1. The van der Waals surface area contributed by atoms with Crippen molar-refractivity contribution in [1.82, 2.24) is 10.0 Å². The first kappa shape index (κ1) is 15.3. The Kier molecular flexibility index (Phi) is 4.45. The summed E-state index contributed by atoms with van der Waals surface area (Å²) in [5.41, 5.74) is 5.93. The summed E-state index contributed by atoms with van der Waals surface area (Å²) in [6, 6.07) is 6.09. The molecule has 1 amide bonds. The Labute approximate surface area is 123 Å². The lowest BCUT2D eigenvalue weighted by atomic mass is 10.2. The lowest BCUT2D eigenvalue weighted by Crippen LogP contribution is -2.32. The second kappa shape index (κ2) is 6.11. The van der Waals surface area contributed by atoms with Crippen LogP contribution in [0.2, 0.25) is 0 Å². The van der Waals surface area contributed by atoms with Crippen LogP contribution in [0.3, 0.4) is 0 Å². The van der Waals surface area contributed by atoms with Crippen molar-refractivity contribution >= 4 is 21.6 Å². The largest absolute Gasteiger partial charge is 0.398 e. The third-order valence-electron chi connectivity index (χ3n) is 3.02. The number of nitrogens with one attached hydrogen (secondary N) is 2. The van der Waals surface area contributed by atoms with E-state index >= 15 is 0 Å². The average molecular weight is 308 g/mol. The van der Waals surface area contributed by atoms with Crippen LogP contribution in [0.25, 0.3) is 0 Å². The summed E-state index contributed by atoms with van der Waals surface area (Å²) in [5.74, 6) is -0.173. The summed E-state index contributed by atoms with van der Waals surface area (Å²) in [6.07, 6.45) is 2.05. The van der Waals surface area contributed by atoms with E-state index in [1.54, 1.807) is 0 Å². The molecule has 0 aromatic heterocycles. The second-order valence-electron chi connectivity index (χ2n) is 4.85. The fourth-order valence-corrected chi connectivity index (χ4v) is 2.91. The number of nitrogens with zero attached hydrogens (tertiary/aromatic N) is 1. The van der Waals surface area contributed by atoms with Gasteiger partial charge in [0.25, 0.3) is 0 Å². The lowest BCUT2D eigenvalue weighted by molar-refractivity contribution is -0.121. The molecule has 7 nitrogen and oxygen atoms in total. The molecule has 1 aromatic carbocycles. The zero-order valence-electron chi connectivity index (χ0n) is 11.3. The summed E-state index contributed by atoms with van der Waals surface area (Å²) in [5, 5.41) is 11.5. The average Bonchev–Trinajstić information content (AvgIpc) is 3.21. The Bertz CT molecular complexity index is 690. The molecule has 4 N–H and O–H groups in total. The van der Waals surface area contributed by atoms with Crippen LogP contribution in [0, 0.1) is 11.3 Å². The van der Waals surface area contributed by atoms with E-state index in [-0.39, 0.29) is 41.1 Å². The topological polar surface area (TPSA) is 125 Å². The minimum absolute atomic E-state index is 0.000325. The van der Waals surface area contributed by atoms with Gasteiger partial charge < -0.3 is 11.1 Å². The number of amides is 1. The van der Waals surface area contributed by atoms with Crippen molar-refractivity contribution in [3.63, 3.8) is 0 Å². The SMILES string of the molecule is N#Cc1ccc(S(=O)(=O)NCCC(=O)NC2CC2)c(N)c1. The van der Waals surface area contributed by atoms with Crippen LogP contribution in [0.4, 0.5) is 5.69 Å². The van der Waals surface area contributed by atoms with Gasteiger partial charge in [-0.15, -0.1) is 0 Å². The number of benzene rings is 1. The molecular weight excluding hydrogens is 292 g/mol. The van der Waals surface area contributed by atoms with Gasteiger partial charge in [0.05, 0.1) is 17.3 Å². The number of carbonyl (C=O) groups excluding carboxylic acids is 1. The van der Waals surface area contributed by atoms with Crippen molar-refractivity contribution in [3.8, 4) is 6.07 Å². The van der Waals surface area contributed by atoms with Gasteiger partial charge in [0, 0.05) is 19.0 Å². The smallest absolute Gasteiger partial charge is 0.242 e. The Morgan fingerprint density at radius 3 is 2.71 bits per heavy atom. The monoisotopic (exact) mass is 308 g/mol. The number of anilines is 1. The molecule has 8 heteroatoms. The van der Waals surface area contributed by atoms with Gasteiger partial charge >= 0.3 is 0 Å². The first-order valence-electron chi connectivity index (χ1n) is 6.51. The molecule has 0 bridgehead atoms. The molecule has 2 rings (SSSR count). The van der Waals surface area contributed by atoms with Crippen LogP contribution in [-0.2, 0) is 14.8 Å². The molecule has 1 fully saturated rings. The number of hydrogen-bond donors (Lipinski definition) is 3. The van der Waals surface area contributed by atoms with E-state index in [0.717, 1.165) is 12.8 Å². The second-order valence-corrected chi connectivity index (χ2v) is 6.59. The predicted octanol–water partition coefficient (Wildman–Crippen LogP) is 0.0875. The first-order valence-corrected chi connectivity index (χ1v) is 7.99.